The molecule has 4 rings (SSSR count). The molecule has 1 aromatic carbocycles. The summed E-state index contributed by atoms with van der Waals surface area (Å²) in [6, 6.07) is 11.8. The van der Waals surface area contributed by atoms with Crippen molar-refractivity contribution in [3.63, 3.8) is 0 Å². The maximum Gasteiger partial charge on any atom is 0.235 e. The average Bonchev–Trinajstić information content (AvgIpc) is 3.40. The molecule has 1 saturated heterocycles. The van der Waals surface area contributed by atoms with Crippen LogP contribution in [-0.2, 0) is 11.3 Å². The molecule has 8 heteroatoms. The summed E-state index contributed by atoms with van der Waals surface area (Å²) in [6.07, 6.45) is 1.78. The van der Waals surface area contributed by atoms with Gasteiger partial charge in [-0.05, 0) is 12.5 Å². The highest BCUT2D eigenvalue weighted by molar-refractivity contribution is 7.09. The minimum atomic E-state index is -0.208. The Hall–Kier alpha value is -2.55. The quantitative estimate of drug-likeness (QED) is 0.644. The molecule has 1 atom stereocenters. The maximum atomic E-state index is 12.8. The molecule has 0 saturated carbocycles. The van der Waals surface area contributed by atoms with Crippen LogP contribution in [0.4, 0.5) is 0 Å². The summed E-state index contributed by atoms with van der Waals surface area (Å²) in [6.45, 7) is 6.63. The van der Waals surface area contributed by atoms with Gasteiger partial charge in [0.1, 0.15) is 16.8 Å². The number of piperazine rings is 1. The van der Waals surface area contributed by atoms with E-state index < -0.39 is 0 Å². The molecule has 0 radical (unpaired) electrons. The van der Waals surface area contributed by atoms with Crippen molar-refractivity contribution in [3.8, 4) is 0 Å². The van der Waals surface area contributed by atoms with Gasteiger partial charge in [0.05, 0.1) is 12.2 Å². The van der Waals surface area contributed by atoms with Gasteiger partial charge in [0.15, 0.2) is 0 Å². The monoisotopic (exact) mass is 411 g/mol. The molecule has 7 nitrogen and oxygen atoms in total. The van der Waals surface area contributed by atoms with E-state index in [0.29, 0.717) is 6.54 Å². The summed E-state index contributed by atoms with van der Waals surface area (Å²) >= 11 is 1.56. The molecule has 1 aliphatic heterocycles. The number of carbonyl (C=O) groups is 1. The minimum absolute atomic E-state index is 0.0228. The van der Waals surface area contributed by atoms with E-state index in [9.17, 15) is 4.79 Å². The highest BCUT2D eigenvalue weighted by atomic mass is 32.1. The Morgan fingerprint density at radius 2 is 1.97 bits per heavy atom. The maximum absolute atomic E-state index is 12.8. The van der Waals surface area contributed by atoms with Crippen molar-refractivity contribution in [2.24, 2.45) is 0 Å². The van der Waals surface area contributed by atoms with E-state index in [2.05, 4.69) is 25.3 Å². The standard InChI is InChI=1S/C21H25N5O2S/c1-16-13-18(24-28-16)14-25-8-10-26(11-9-25)15-19(27)23-20(21-22-7-12-29-21)17-5-3-2-4-6-17/h2-7,12-13,20H,8-11,14-15H2,1H3,(H,23,27). The molecule has 152 valence electrons. The number of hydrogen-bond acceptors (Lipinski definition) is 7. The fourth-order valence-corrected chi connectivity index (χ4v) is 4.26. The zero-order chi connectivity index (χ0) is 20.1. The Labute approximate surface area is 174 Å². The molecule has 29 heavy (non-hydrogen) atoms. The lowest BCUT2D eigenvalue weighted by atomic mass is 10.1. The van der Waals surface area contributed by atoms with Crippen LogP contribution in [0.3, 0.4) is 0 Å². The van der Waals surface area contributed by atoms with Crippen LogP contribution in [0.15, 0.2) is 52.5 Å². The summed E-state index contributed by atoms with van der Waals surface area (Å²) < 4.78 is 5.14. The minimum Gasteiger partial charge on any atom is -0.361 e. The van der Waals surface area contributed by atoms with Gasteiger partial charge >= 0.3 is 0 Å². The Balaban J connectivity index is 1.30. The van der Waals surface area contributed by atoms with Crippen molar-refractivity contribution < 1.29 is 9.32 Å². The lowest BCUT2D eigenvalue weighted by Crippen LogP contribution is -2.49. The van der Waals surface area contributed by atoms with E-state index in [1.807, 2.05) is 48.7 Å². The van der Waals surface area contributed by atoms with Crippen molar-refractivity contribution >= 4 is 17.2 Å². The smallest absolute Gasteiger partial charge is 0.235 e. The molecule has 0 aliphatic carbocycles. The number of aryl methyl sites for hydroxylation is 1. The van der Waals surface area contributed by atoms with Crippen LogP contribution in [0.5, 0.6) is 0 Å². The van der Waals surface area contributed by atoms with Crippen molar-refractivity contribution in [1.82, 2.24) is 25.3 Å². The number of hydrogen-bond donors (Lipinski definition) is 1. The summed E-state index contributed by atoms with van der Waals surface area (Å²) in [5.74, 6) is 0.859. The van der Waals surface area contributed by atoms with Crippen LogP contribution in [0, 0.1) is 6.92 Å². The zero-order valence-electron chi connectivity index (χ0n) is 16.5. The normalized spacial score (nSPS) is 16.6. The van der Waals surface area contributed by atoms with Gasteiger partial charge in [0.2, 0.25) is 5.91 Å². The van der Waals surface area contributed by atoms with Crippen molar-refractivity contribution in [2.75, 3.05) is 32.7 Å². The molecule has 1 N–H and O–H groups in total. The Morgan fingerprint density at radius 3 is 2.62 bits per heavy atom. The molecule has 3 aromatic rings. The van der Waals surface area contributed by atoms with Crippen molar-refractivity contribution in [3.05, 3.63) is 70.0 Å². The third-order valence-corrected chi connectivity index (χ3v) is 5.87. The topological polar surface area (TPSA) is 74.5 Å². The fraction of sp³-hybridized carbons (Fsp3) is 0.381. The number of thiazole rings is 1. The van der Waals surface area contributed by atoms with Crippen LogP contribution < -0.4 is 5.32 Å². The van der Waals surface area contributed by atoms with Gasteiger partial charge in [-0.2, -0.15) is 0 Å². The highest BCUT2D eigenvalue weighted by Gasteiger charge is 2.23. The Bertz CT molecular complexity index is 904. The van der Waals surface area contributed by atoms with Crippen LogP contribution in [0.2, 0.25) is 0 Å². The lowest BCUT2D eigenvalue weighted by Gasteiger charge is -2.34. The zero-order valence-corrected chi connectivity index (χ0v) is 17.3. The van der Waals surface area contributed by atoms with Crippen LogP contribution in [0.25, 0.3) is 0 Å². The molecule has 1 amide bonds. The first-order chi connectivity index (χ1) is 14.2. The molecular weight excluding hydrogens is 386 g/mol. The highest BCUT2D eigenvalue weighted by Crippen LogP contribution is 2.23. The van der Waals surface area contributed by atoms with E-state index in [1.54, 1.807) is 17.5 Å². The fourth-order valence-electron chi connectivity index (χ4n) is 3.55. The van der Waals surface area contributed by atoms with E-state index in [4.69, 9.17) is 4.52 Å². The summed E-state index contributed by atoms with van der Waals surface area (Å²) in [7, 11) is 0. The van der Waals surface area contributed by atoms with Crippen molar-refractivity contribution in [1.29, 1.82) is 0 Å². The number of nitrogens with zero attached hydrogens (tertiary/aromatic N) is 4. The van der Waals surface area contributed by atoms with Crippen LogP contribution in [-0.4, -0.2) is 58.6 Å². The first-order valence-electron chi connectivity index (χ1n) is 9.78. The second-order valence-corrected chi connectivity index (χ2v) is 8.19. The molecule has 3 heterocycles. The molecule has 1 fully saturated rings. The largest absolute Gasteiger partial charge is 0.361 e. The molecule has 1 unspecified atom stereocenters. The second-order valence-electron chi connectivity index (χ2n) is 7.26. The molecule has 2 aromatic heterocycles. The molecule has 0 bridgehead atoms. The second kappa shape index (κ2) is 9.30. The summed E-state index contributed by atoms with van der Waals surface area (Å²) in [5, 5.41) is 10.1. The molecular formula is C21H25N5O2S. The number of benzene rings is 1. The SMILES string of the molecule is Cc1cc(CN2CCN(CC(=O)NC(c3ccccc3)c3nccs3)CC2)no1. The van der Waals surface area contributed by atoms with E-state index >= 15 is 0 Å². The first kappa shape index (κ1) is 19.8. The predicted molar refractivity (Wildman–Crippen MR) is 111 cm³/mol. The molecule has 1 aliphatic rings. The van der Waals surface area contributed by atoms with Gasteiger partial charge < -0.3 is 9.84 Å². The number of carbonyl (C=O) groups excluding carboxylic acids is 1. The van der Waals surface area contributed by atoms with Gasteiger partial charge in [-0.25, -0.2) is 4.98 Å². The summed E-state index contributed by atoms with van der Waals surface area (Å²) in [4.78, 5) is 21.7. The number of aromatic nitrogens is 2. The first-order valence-corrected chi connectivity index (χ1v) is 10.7. The Kier molecular flexibility index (Phi) is 6.33. The van der Waals surface area contributed by atoms with E-state index in [0.717, 1.165) is 54.7 Å². The summed E-state index contributed by atoms with van der Waals surface area (Å²) in [5.41, 5.74) is 2.01. The van der Waals surface area contributed by atoms with Crippen LogP contribution >= 0.6 is 11.3 Å². The average molecular weight is 412 g/mol. The van der Waals surface area contributed by atoms with Crippen molar-refractivity contribution in [2.45, 2.75) is 19.5 Å². The lowest BCUT2D eigenvalue weighted by molar-refractivity contribution is -0.123. The van der Waals surface area contributed by atoms with Gasteiger partial charge in [0.25, 0.3) is 0 Å². The third kappa shape index (κ3) is 5.29. The molecule has 0 spiro atoms. The van der Waals surface area contributed by atoms with Gasteiger partial charge in [0, 0.05) is 50.4 Å². The predicted octanol–water partition coefficient (Wildman–Crippen LogP) is 2.46. The number of nitrogens with one attached hydrogen (secondary N) is 1. The van der Waals surface area contributed by atoms with Crippen LogP contribution in [0.1, 0.15) is 28.1 Å². The number of amides is 1. The van der Waals surface area contributed by atoms with E-state index in [1.165, 1.54) is 0 Å². The van der Waals surface area contributed by atoms with Gasteiger partial charge in [-0.1, -0.05) is 35.5 Å². The van der Waals surface area contributed by atoms with E-state index in [-0.39, 0.29) is 11.9 Å². The van der Waals surface area contributed by atoms with Gasteiger partial charge in [-0.15, -0.1) is 11.3 Å². The third-order valence-electron chi connectivity index (χ3n) is 5.03. The Morgan fingerprint density at radius 1 is 1.21 bits per heavy atom. The number of rotatable bonds is 7. The van der Waals surface area contributed by atoms with Gasteiger partial charge in [-0.3, -0.25) is 14.6 Å².